The first-order valence-corrected chi connectivity index (χ1v) is 7.22. The van der Waals surface area contributed by atoms with Crippen molar-refractivity contribution in [2.24, 2.45) is 5.73 Å². The third kappa shape index (κ3) is 3.75. The van der Waals surface area contributed by atoms with E-state index in [1.54, 1.807) is 6.07 Å². The van der Waals surface area contributed by atoms with Gasteiger partial charge in [0.05, 0.1) is 5.56 Å². The molecule has 0 saturated carbocycles. The van der Waals surface area contributed by atoms with E-state index in [4.69, 9.17) is 10.8 Å². The van der Waals surface area contributed by atoms with Gasteiger partial charge in [0.15, 0.2) is 0 Å². The molecule has 0 fully saturated rings. The van der Waals surface area contributed by atoms with E-state index in [2.05, 4.69) is 4.90 Å². The van der Waals surface area contributed by atoms with Crippen molar-refractivity contribution in [2.45, 2.75) is 38.0 Å². The molecule has 3 nitrogen and oxygen atoms in total. The molecule has 1 atom stereocenters. The molecule has 2 rings (SSSR count). The maximum atomic E-state index is 12.8. The normalized spacial score (nSPS) is 19.0. The molecule has 3 N–H and O–H groups in total. The summed E-state index contributed by atoms with van der Waals surface area (Å²) in [6, 6.07) is 3.80. The largest absolute Gasteiger partial charge is 0.416 e. The number of alkyl halides is 3. The Morgan fingerprint density at radius 3 is 2.62 bits per heavy atom. The van der Waals surface area contributed by atoms with E-state index >= 15 is 0 Å². The summed E-state index contributed by atoms with van der Waals surface area (Å²) in [4.78, 5) is 2.13. The van der Waals surface area contributed by atoms with Crippen molar-refractivity contribution in [1.29, 1.82) is 0 Å². The number of fused-ring (bicyclic) bond motifs is 1. The number of hydrogen-bond acceptors (Lipinski definition) is 3. The third-order valence-corrected chi connectivity index (χ3v) is 3.97. The maximum absolute atomic E-state index is 12.8. The molecule has 1 aliphatic rings. The first-order chi connectivity index (χ1) is 9.97. The minimum Gasteiger partial charge on any atom is -0.396 e. The molecule has 1 heterocycles. The van der Waals surface area contributed by atoms with E-state index in [-0.39, 0.29) is 12.6 Å². The highest BCUT2D eigenvalue weighted by Gasteiger charge is 2.35. The predicted molar refractivity (Wildman–Crippen MR) is 74.6 cm³/mol. The van der Waals surface area contributed by atoms with Crippen molar-refractivity contribution < 1.29 is 18.3 Å². The van der Waals surface area contributed by atoms with Crippen molar-refractivity contribution >= 4 is 0 Å². The van der Waals surface area contributed by atoms with Crippen molar-refractivity contribution in [3.8, 4) is 0 Å². The molecule has 1 unspecified atom stereocenters. The molecule has 118 valence electrons. The van der Waals surface area contributed by atoms with E-state index < -0.39 is 11.7 Å². The van der Waals surface area contributed by atoms with Crippen molar-refractivity contribution in [3.63, 3.8) is 0 Å². The van der Waals surface area contributed by atoms with E-state index in [1.165, 1.54) is 6.07 Å². The zero-order chi connectivity index (χ0) is 15.5. The smallest absolute Gasteiger partial charge is 0.396 e. The number of nitrogens with zero attached hydrogens (tertiary/aromatic N) is 1. The number of aliphatic hydroxyl groups excluding tert-OH is 1. The van der Waals surface area contributed by atoms with E-state index in [1.807, 2.05) is 0 Å². The highest BCUT2D eigenvalue weighted by molar-refractivity contribution is 5.39. The van der Waals surface area contributed by atoms with Crippen LogP contribution in [0.5, 0.6) is 0 Å². The molecule has 0 aromatic heterocycles. The van der Waals surface area contributed by atoms with Crippen LogP contribution >= 0.6 is 0 Å². The molecule has 0 radical (unpaired) electrons. The van der Waals surface area contributed by atoms with E-state index in [0.29, 0.717) is 18.7 Å². The Bertz CT molecular complexity index is 476. The molecule has 21 heavy (non-hydrogen) atoms. The number of aliphatic hydroxyl groups is 1. The summed E-state index contributed by atoms with van der Waals surface area (Å²) in [7, 11) is 0. The van der Waals surface area contributed by atoms with Gasteiger partial charge in [-0.3, -0.25) is 4.90 Å². The first-order valence-electron chi connectivity index (χ1n) is 7.22. The average Bonchev–Trinajstić information content (AvgIpc) is 2.79. The van der Waals surface area contributed by atoms with Crippen LogP contribution in [0.15, 0.2) is 18.2 Å². The summed E-state index contributed by atoms with van der Waals surface area (Å²) in [5.41, 5.74) is 6.79. The van der Waals surface area contributed by atoms with Crippen LogP contribution in [0.1, 0.15) is 42.0 Å². The van der Waals surface area contributed by atoms with Crippen molar-refractivity contribution in [1.82, 2.24) is 4.90 Å². The number of rotatable bonds is 6. The standard InChI is InChI=1S/C15H21F3N2O/c16-15(17,18)12-5-4-11-10-20(6-2-1-3-7-21)14(9-19)13(11)8-12/h4-5,8,14,21H,1-3,6-7,9-10,19H2. The summed E-state index contributed by atoms with van der Waals surface area (Å²) < 4.78 is 38.4. The number of benzene rings is 1. The van der Waals surface area contributed by atoms with Crippen LogP contribution in [0, 0.1) is 0 Å². The van der Waals surface area contributed by atoms with Crippen LogP contribution < -0.4 is 5.73 Å². The second-order valence-electron chi connectivity index (χ2n) is 5.42. The molecule has 0 spiro atoms. The minimum atomic E-state index is -4.32. The topological polar surface area (TPSA) is 49.5 Å². The Morgan fingerprint density at radius 2 is 2.00 bits per heavy atom. The van der Waals surface area contributed by atoms with E-state index in [9.17, 15) is 13.2 Å². The number of unbranched alkanes of at least 4 members (excludes halogenated alkanes) is 2. The van der Waals surface area contributed by atoms with Crippen LogP contribution in [0.2, 0.25) is 0 Å². The van der Waals surface area contributed by atoms with Gasteiger partial charge < -0.3 is 10.8 Å². The molecule has 0 saturated heterocycles. The lowest BCUT2D eigenvalue weighted by atomic mass is 10.0. The van der Waals surface area contributed by atoms with Gasteiger partial charge in [-0.2, -0.15) is 13.2 Å². The lowest BCUT2D eigenvalue weighted by Gasteiger charge is -2.23. The quantitative estimate of drug-likeness (QED) is 0.794. The Hall–Kier alpha value is -1.11. The van der Waals surface area contributed by atoms with Crippen molar-refractivity contribution in [3.05, 3.63) is 34.9 Å². The van der Waals surface area contributed by atoms with Gasteiger partial charge in [-0.05, 0) is 49.1 Å². The fourth-order valence-electron chi connectivity index (χ4n) is 2.87. The summed E-state index contributed by atoms with van der Waals surface area (Å²) in [5, 5.41) is 8.77. The molecule has 6 heteroatoms. The van der Waals surface area contributed by atoms with Crippen LogP contribution in [0.3, 0.4) is 0 Å². The molecule has 0 bridgehead atoms. The SMILES string of the molecule is NCC1c2cc(C(F)(F)F)ccc2CN1CCCCCO. The number of hydrogen-bond donors (Lipinski definition) is 2. The Balaban J connectivity index is 2.10. The lowest BCUT2D eigenvalue weighted by molar-refractivity contribution is -0.137. The molecular formula is C15H21F3N2O. The minimum absolute atomic E-state index is 0.142. The number of halogens is 3. The second kappa shape index (κ2) is 6.77. The molecule has 1 aliphatic heterocycles. The van der Waals surface area contributed by atoms with Gasteiger partial charge in [-0.1, -0.05) is 6.07 Å². The average molecular weight is 302 g/mol. The van der Waals surface area contributed by atoms with Crippen LogP contribution in [-0.4, -0.2) is 29.7 Å². The highest BCUT2D eigenvalue weighted by Crippen LogP contribution is 2.37. The van der Waals surface area contributed by atoms with Gasteiger partial charge in [-0.15, -0.1) is 0 Å². The summed E-state index contributed by atoms with van der Waals surface area (Å²) in [6.45, 7) is 1.93. The second-order valence-corrected chi connectivity index (χ2v) is 5.42. The fraction of sp³-hybridized carbons (Fsp3) is 0.600. The van der Waals surface area contributed by atoms with E-state index in [0.717, 1.165) is 37.4 Å². The number of nitrogens with two attached hydrogens (primary N) is 1. The van der Waals surface area contributed by atoms with Crippen LogP contribution in [-0.2, 0) is 12.7 Å². The van der Waals surface area contributed by atoms with Crippen LogP contribution in [0.4, 0.5) is 13.2 Å². The summed E-state index contributed by atoms with van der Waals surface area (Å²) in [5.74, 6) is 0. The van der Waals surface area contributed by atoms with Gasteiger partial charge >= 0.3 is 6.18 Å². The summed E-state index contributed by atoms with van der Waals surface area (Å²) in [6.07, 6.45) is -1.74. The molecular weight excluding hydrogens is 281 g/mol. The highest BCUT2D eigenvalue weighted by atomic mass is 19.4. The molecule has 0 amide bonds. The molecule has 1 aromatic rings. The monoisotopic (exact) mass is 302 g/mol. The predicted octanol–water partition coefficient (Wildman–Crippen LogP) is 2.68. The zero-order valence-electron chi connectivity index (χ0n) is 11.9. The van der Waals surface area contributed by atoms with Crippen LogP contribution in [0.25, 0.3) is 0 Å². The Labute approximate surface area is 122 Å². The Kier molecular flexibility index (Phi) is 5.24. The lowest BCUT2D eigenvalue weighted by Crippen LogP contribution is -2.29. The van der Waals surface area contributed by atoms with Gasteiger partial charge in [0.2, 0.25) is 0 Å². The fourth-order valence-corrected chi connectivity index (χ4v) is 2.87. The van der Waals surface area contributed by atoms with Crippen molar-refractivity contribution in [2.75, 3.05) is 19.7 Å². The van der Waals surface area contributed by atoms with Gasteiger partial charge in [0.1, 0.15) is 0 Å². The summed E-state index contributed by atoms with van der Waals surface area (Å²) >= 11 is 0. The van der Waals surface area contributed by atoms with Gasteiger partial charge in [0, 0.05) is 25.7 Å². The van der Waals surface area contributed by atoms with Gasteiger partial charge in [0.25, 0.3) is 0 Å². The molecule has 1 aromatic carbocycles. The molecule has 0 aliphatic carbocycles. The third-order valence-electron chi connectivity index (χ3n) is 3.97. The zero-order valence-corrected chi connectivity index (χ0v) is 11.9. The maximum Gasteiger partial charge on any atom is 0.416 e. The van der Waals surface area contributed by atoms with Gasteiger partial charge in [-0.25, -0.2) is 0 Å². The Morgan fingerprint density at radius 1 is 1.24 bits per heavy atom. The first kappa shape index (κ1) is 16.3.